The first-order valence-corrected chi connectivity index (χ1v) is 9.20. The van der Waals surface area contributed by atoms with E-state index in [0.29, 0.717) is 0 Å². The van der Waals surface area contributed by atoms with Gasteiger partial charge in [0.25, 0.3) is 0 Å². The minimum absolute atomic E-state index is 0.354. The lowest BCUT2D eigenvalue weighted by molar-refractivity contribution is 0.410. The van der Waals surface area contributed by atoms with Gasteiger partial charge in [0.1, 0.15) is 0 Å². The number of ether oxygens (including phenoxy) is 1. The Morgan fingerprint density at radius 1 is 0.750 bits per heavy atom. The highest BCUT2D eigenvalue weighted by Gasteiger charge is 1.98. The lowest BCUT2D eigenvalue weighted by atomic mass is 10.2. The van der Waals surface area contributed by atoms with Crippen molar-refractivity contribution in [2.75, 3.05) is 0 Å². The van der Waals surface area contributed by atoms with Gasteiger partial charge < -0.3 is 4.74 Å². The molecule has 0 aliphatic rings. The highest BCUT2D eigenvalue weighted by molar-refractivity contribution is 6.70. The Morgan fingerprint density at radius 3 is 1.85 bits per heavy atom. The molecular weight excluding hydrogens is 260 g/mol. The third-order valence-electron chi connectivity index (χ3n) is 2.97. The van der Waals surface area contributed by atoms with Crippen LogP contribution < -0.4 is 5.19 Å². The van der Waals surface area contributed by atoms with Gasteiger partial charge in [0.15, 0.2) is 0 Å². The molecule has 1 radical (unpaired) electrons. The number of rotatable bonds is 5. The maximum Gasteiger partial charge on any atom is 0.0907 e. The van der Waals surface area contributed by atoms with E-state index in [0.717, 1.165) is 11.1 Å². The summed E-state index contributed by atoms with van der Waals surface area (Å²) in [6.07, 6.45) is 7.31. The van der Waals surface area contributed by atoms with Gasteiger partial charge in [-0.05, 0) is 23.3 Å². The molecule has 0 amide bonds. The second-order valence-corrected chi connectivity index (χ2v) is 7.35. The van der Waals surface area contributed by atoms with Crippen LogP contribution >= 0.6 is 0 Å². The summed E-state index contributed by atoms with van der Waals surface area (Å²) in [6.45, 7) is 4.60. The maximum atomic E-state index is 5.36. The van der Waals surface area contributed by atoms with Gasteiger partial charge in [0.05, 0.1) is 21.3 Å². The number of hydrogen-bond acceptors (Lipinski definition) is 1. The summed E-state index contributed by atoms with van der Waals surface area (Å²) >= 11 is 0. The van der Waals surface area contributed by atoms with Crippen molar-refractivity contribution in [2.24, 2.45) is 0 Å². The van der Waals surface area contributed by atoms with E-state index in [2.05, 4.69) is 37.4 Å². The van der Waals surface area contributed by atoms with Crippen LogP contribution in [0, 0.1) is 0 Å². The van der Waals surface area contributed by atoms with Crippen molar-refractivity contribution < 1.29 is 4.74 Å². The Morgan fingerprint density at radius 2 is 1.30 bits per heavy atom. The first kappa shape index (κ1) is 14.3. The Balaban J connectivity index is 1.86. The molecule has 0 fully saturated rings. The van der Waals surface area contributed by atoms with E-state index in [1.54, 1.807) is 12.5 Å². The Hall–Kier alpha value is -2.06. The lowest BCUT2D eigenvalue weighted by Gasteiger charge is -2.02. The van der Waals surface area contributed by atoms with E-state index in [-0.39, 0.29) is 8.80 Å². The first-order chi connectivity index (χ1) is 9.75. The van der Waals surface area contributed by atoms with Crippen LogP contribution in [-0.2, 0) is 4.74 Å². The molecule has 2 rings (SSSR count). The van der Waals surface area contributed by atoms with Crippen molar-refractivity contribution in [3.63, 3.8) is 0 Å². The van der Waals surface area contributed by atoms with Crippen LogP contribution in [0.15, 0.2) is 67.1 Å². The molecule has 0 N–H and O–H groups in total. The molecule has 101 valence electrons. The van der Waals surface area contributed by atoms with E-state index in [1.807, 2.05) is 42.5 Å². The van der Waals surface area contributed by atoms with E-state index < -0.39 is 0 Å². The van der Waals surface area contributed by atoms with E-state index in [9.17, 15) is 0 Å². The zero-order valence-electron chi connectivity index (χ0n) is 11.9. The van der Waals surface area contributed by atoms with Crippen molar-refractivity contribution in [2.45, 2.75) is 13.1 Å². The summed E-state index contributed by atoms with van der Waals surface area (Å²) in [5.74, 6) is 0. The standard InChI is InChI=1S/C18H19OSi/c1-20(2)18-10-8-17(9-11-18)13-15-19-14-12-16-6-4-3-5-7-16/h3-15H,1-2H3. The minimum Gasteiger partial charge on any atom is -0.473 e. The molecule has 0 atom stereocenters. The average molecular weight is 279 g/mol. The summed E-state index contributed by atoms with van der Waals surface area (Å²) < 4.78 is 5.36. The molecule has 0 saturated carbocycles. The molecule has 2 aromatic carbocycles. The fourth-order valence-electron chi connectivity index (χ4n) is 1.77. The van der Waals surface area contributed by atoms with Gasteiger partial charge in [-0.3, -0.25) is 0 Å². The zero-order valence-corrected chi connectivity index (χ0v) is 12.9. The summed E-state index contributed by atoms with van der Waals surface area (Å²) in [4.78, 5) is 0. The van der Waals surface area contributed by atoms with Gasteiger partial charge in [-0.2, -0.15) is 0 Å². The summed E-state index contributed by atoms with van der Waals surface area (Å²) in [5.41, 5.74) is 2.29. The average Bonchev–Trinajstić information content (AvgIpc) is 2.48. The largest absolute Gasteiger partial charge is 0.473 e. The van der Waals surface area contributed by atoms with E-state index >= 15 is 0 Å². The topological polar surface area (TPSA) is 9.23 Å². The first-order valence-electron chi connectivity index (χ1n) is 6.70. The van der Waals surface area contributed by atoms with Gasteiger partial charge in [0.2, 0.25) is 0 Å². The van der Waals surface area contributed by atoms with Gasteiger partial charge in [-0.15, -0.1) is 0 Å². The predicted octanol–water partition coefficient (Wildman–Crippen LogP) is 4.31. The molecule has 0 aliphatic heterocycles. The zero-order chi connectivity index (χ0) is 14.2. The van der Waals surface area contributed by atoms with Gasteiger partial charge in [-0.1, -0.05) is 72.9 Å². The Labute approximate surface area is 122 Å². The van der Waals surface area contributed by atoms with E-state index in [4.69, 9.17) is 4.74 Å². The number of hydrogen-bond donors (Lipinski definition) is 0. The van der Waals surface area contributed by atoms with Crippen molar-refractivity contribution in [1.82, 2.24) is 0 Å². The third-order valence-corrected chi connectivity index (χ3v) is 4.45. The molecule has 0 unspecified atom stereocenters. The highest BCUT2D eigenvalue weighted by Crippen LogP contribution is 2.03. The van der Waals surface area contributed by atoms with Crippen LogP contribution in [0.4, 0.5) is 0 Å². The third kappa shape index (κ3) is 4.56. The van der Waals surface area contributed by atoms with Crippen LogP contribution in [0.5, 0.6) is 0 Å². The highest BCUT2D eigenvalue weighted by atomic mass is 28.3. The van der Waals surface area contributed by atoms with Crippen LogP contribution in [0.2, 0.25) is 13.1 Å². The van der Waals surface area contributed by atoms with Gasteiger partial charge in [-0.25, -0.2) is 0 Å². The van der Waals surface area contributed by atoms with Crippen LogP contribution in [0.3, 0.4) is 0 Å². The summed E-state index contributed by atoms with van der Waals surface area (Å²) in [6, 6.07) is 18.8. The van der Waals surface area contributed by atoms with Crippen molar-refractivity contribution in [1.29, 1.82) is 0 Å². The van der Waals surface area contributed by atoms with Crippen molar-refractivity contribution >= 4 is 26.1 Å². The fourth-order valence-corrected chi connectivity index (χ4v) is 2.61. The molecule has 0 aliphatic carbocycles. The fraction of sp³-hybridized carbons (Fsp3) is 0.111. The molecule has 20 heavy (non-hydrogen) atoms. The van der Waals surface area contributed by atoms with Gasteiger partial charge in [0, 0.05) is 0 Å². The SMILES string of the molecule is C[Si](C)c1ccc(C=COC=Cc2ccccc2)cc1. The molecule has 0 saturated heterocycles. The van der Waals surface area contributed by atoms with Crippen LogP contribution in [-0.4, -0.2) is 8.80 Å². The quantitative estimate of drug-likeness (QED) is 0.585. The Bertz CT molecular complexity index is 568. The van der Waals surface area contributed by atoms with Crippen molar-refractivity contribution in [3.05, 3.63) is 78.2 Å². The summed E-state index contributed by atoms with van der Waals surface area (Å²) in [5, 5.41) is 1.46. The number of benzene rings is 2. The van der Waals surface area contributed by atoms with Crippen LogP contribution in [0.25, 0.3) is 12.2 Å². The molecule has 2 aromatic rings. The molecule has 2 heteroatoms. The molecule has 0 spiro atoms. The van der Waals surface area contributed by atoms with Crippen LogP contribution in [0.1, 0.15) is 11.1 Å². The minimum atomic E-state index is -0.354. The molecular formula is C18H19OSi. The maximum absolute atomic E-state index is 5.36. The summed E-state index contributed by atoms with van der Waals surface area (Å²) in [7, 11) is -0.354. The monoisotopic (exact) mass is 279 g/mol. The van der Waals surface area contributed by atoms with Gasteiger partial charge >= 0.3 is 0 Å². The molecule has 1 nitrogen and oxygen atoms in total. The smallest absolute Gasteiger partial charge is 0.0907 e. The molecule has 0 bridgehead atoms. The molecule has 0 heterocycles. The molecule has 0 aromatic heterocycles. The van der Waals surface area contributed by atoms with Crippen molar-refractivity contribution in [3.8, 4) is 0 Å². The second-order valence-electron chi connectivity index (χ2n) is 4.77. The second kappa shape index (κ2) is 7.51. The predicted molar refractivity (Wildman–Crippen MR) is 89.2 cm³/mol. The van der Waals surface area contributed by atoms with E-state index in [1.165, 1.54) is 5.19 Å². The Kier molecular flexibility index (Phi) is 5.39. The normalized spacial score (nSPS) is 11.6. The lowest BCUT2D eigenvalue weighted by Crippen LogP contribution is -2.21.